The summed E-state index contributed by atoms with van der Waals surface area (Å²) in [5.74, 6) is 0.861. The average molecular weight is 583 g/mol. The zero-order valence-electron chi connectivity index (χ0n) is 26.0. The van der Waals surface area contributed by atoms with Crippen LogP contribution in [0.2, 0.25) is 0 Å². The van der Waals surface area contributed by atoms with Gasteiger partial charge in [0, 0.05) is 16.5 Å². The van der Waals surface area contributed by atoms with E-state index in [1.54, 1.807) is 0 Å². The standard InChI is InChI=1S/C42H34N2O/c1-27-19-20-30-23-39-35(22-31(30)21-27)36(26-45-39)41-43-37-17-11-12-18-38(37)44(41)40-33(28-13-7-5-8-14-28)24-32(42(2,3)4)25-34(40)29-15-9-6-10-16-29/h5-26H,1-4H3. The molecule has 0 saturated carbocycles. The van der Waals surface area contributed by atoms with Crippen molar-refractivity contribution in [2.45, 2.75) is 33.1 Å². The van der Waals surface area contributed by atoms with Gasteiger partial charge in [-0.2, -0.15) is 0 Å². The van der Waals surface area contributed by atoms with E-state index in [9.17, 15) is 0 Å². The van der Waals surface area contributed by atoms with E-state index >= 15 is 0 Å². The molecule has 45 heavy (non-hydrogen) atoms. The summed E-state index contributed by atoms with van der Waals surface area (Å²) < 4.78 is 8.63. The SMILES string of the molecule is Cc1ccc2cc3occ(-c4nc5ccccc5n4-c4c(-c5ccccc5)cc(C(C)(C)C)cc4-c4ccccc4)c3cc2c1. The third-order valence-corrected chi connectivity index (χ3v) is 8.86. The number of imidazole rings is 1. The summed E-state index contributed by atoms with van der Waals surface area (Å²) in [5.41, 5.74) is 12.1. The molecule has 2 aromatic heterocycles. The van der Waals surface area contributed by atoms with Crippen molar-refractivity contribution in [2.24, 2.45) is 0 Å². The van der Waals surface area contributed by atoms with Gasteiger partial charge in [-0.25, -0.2) is 4.98 Å². The summed E-state index contributed by atoms with van der Waals surface area (Å²) in [6.07, 6.45) is 1.88. The summed E-state index contributed by atoms with van der Waals surface area (Å²) in [5, 5.41) is 3.41. The van der Waals surface area contributed by atoms with E-state index in [0.29, 0.717) is 0 Å². The number of fused-ring (bicyclic) bond motifs is 3. The summed E-state index contributed by atoms with van der Waals surface area (Å²) >= 11 is 0. The number of para-hydroxylation sites is 2. The molecule has 2 heterocycles. The number of benzene rings is 6. The van der Waals surface area contributed by atoms with Crippen molar-refractivity contribution >= 4 is 32.8 Å². The average Bonchev–Trinajstić information content (AvgIpc) is 3.64. The highest BCUT2D eigenvalue weighted by Crippen LogP contribution is 2.44. The van der Waals surface area contributed by atoms with Gasteiger partial charge in [0.1, 0.15) is 17.7 Å². The number of rotatable bonds is 4. The van der Waals surface area contributed by atoms with Gasteiger partial charge >= 0.3 is 0 Å². The number of furan rings is 1. The van der Waals surface area contributed by atoms with Crippen LogP contribution in [0.3, 0.4) is 0 Å². The lowest BCUT2D eigenvalue weighted by Crippen LogP contribution is -2.13. The molecule has 0 fully saturated rings. The van der Waals surface area contributed by atoms with E-state index in [4.69, 9.17) is 9.40 Å². The molecule has 0 spiro atoms. The molecule has 0 aliphatic rings. The van der Waals surface area contributed by atoms with E-state index in [-0.39, 0.29) is 5.41 Å². The molecule has 8 aromatic rings. The Morgan fingerprint density at radius 3 is 1.93 bits per heavy atom. The first-order valence-electron chi connectivity index (χ1n) is 15.5. The van der Waals surface area contributed by atoms with Crippen molar-refractivity contribution in [2.75, 3.05) is 0 Å². The smallest absolute Gasteiger partial charge is 0.149 e. The minimum atomic E-state index is -0.0502. The number of aromatic nitrogens is 2. The lowest BCUT2D eigenvalue weighted by Gasteiger charge is -2.26. The number of nitrogens with zero attached hydrogens (tertiary/aromatic N) is 2. The lowest BCUT2D eigenvalue weighted by molar-refractivity contribution is 0.590. The van der Waals surface area contributed by atoms with Crippen molar-refractivity contribution in [3.05, 3.63) is 145 Å². The molecule has 0 unspecified atom stereocenters. The Morgan fingerprint density at radius 2 is 1.27 bits per heavy atom. The van der Waals surface area contributed by atoms with Crippen LogP contribution in [0, 0.1) is 6.92 Å². The highest BCUT2D eigenvalue weighted by Gasteiger charge is 2.26. The minimum Gasteiger partial charge on any atom is -0.464 e. The second-order valence-corrected chi connectivity index (χ2v) is 13.0. The molecular weight excluding hydrogens is 548 g/mol. The molecule has 0 radical (unpaired) electrons. The van der Waals surface area contributed by atoms with Gasteiger partial charge in [-0.05, 0) is 76.2 Å². The maximum atomic E-state index is 6.27. The molecule has 6 aromatic carbocycles. The van der Waals surface area contributed by atoms with E-state index in [0.717, 1.165) is 55.6 Å². The van der Waals surface area contributed by atoms with Crippen LogP contribution in [0.25, 0.3) is 72.1 Å². The molecule has 218 valence electrons. The molecular formula is C42H34N2O. The van der Waals surface area contributed by atoms with Crippen LogP contribution in [0.1, 0.15) is 31.9 Å². The van der Waals surface area contributed by atoms with Gasteiger partial charge in [-0.1, -0.05) is 117 Å². The van der Waals surface area contributed by atoms with Gasteiger partial charge in [0.15, 0.2) is 0 Å². The molecule has 0 saturated heterocycles. The Labute approximate surface area is 263 Å². The Bertz CT molecular complexity index is 2290. The zero-order valence-corrected chi connectivity index (χ0v) is 26.0. The van der Waals surface area contributed by atoms with Crippen molar-refractivity contribution in [3.63, 3.8) is 0 Å². The van der Waals surface area contributed by atoms with E-state index in [1.807, 2.05) is 6.26 Å². The highest BCUT2D eigenvalue weighted by atomic mass is 16.3. The van der Waals surface area contributed by atoms with Crippen LogP contribution >= 0.6 is 0 Å². The molecule has 3 nitrogen and oxygen atoms in total. The maximum Gasteiger partial charge on any atom is 0.149 e. The Balaban J connectivity index is 1.52. The first-order valence-corrected chi connectivity index (χ1v) is 15.5. The largest absolute Gasteiger partial charge is 0.464 e. The molecule has 0 atom stereocenters. The molecule has 3 heteroatoms. The van der Waals surface area contributed by atoms with Crippen LogP contribution in [0.4, 0.5) is 0 Å². The van der Waals surface area contributed by atoms with Gasteiger partial charge in [0.05, 0.1) is 22.3 Å². The molecule has 0 N–H and O–H groups in total. The quantitative estimate of drug-likeness (QED) is 0.207. The van der Waals surface area contributed by atoms with Gasteiger partial charge in [-0.3, -0.25) is 4.57 Å². The van der Waals surface area contributed by atoms with E-state index in [2.05, 4.69) is 160 Å². The minimum absolute atomic E-state index is 0.0502. The fourth-order valence-corrected chi connectivity index (χ4v) is 6.48. The van der Waals surface area contributed by atoms with Gasteiger partial charge in [0.2, 0.25) is 0 Å². The van der Waals surface area contributed by atoms with Crippen molar-refractivity contribution in [3.8, 4) is 39.3 Å². The third kappa shape index (κ3) is 4.63. The number of aryl methyl sites for hydroxylation is 1. The normalized spacial score (nSPS) is 12.0. The molecule has 8 rings (SSSR count). The lowest BCUT2D eigenvalue weighted by atomic mass is 9.82. The van der Waals surface area contributed by atoms with Crippen LogP contribution in [-0.2, 0) is 5.41 Å². The fraction of sp³-hybridized carbons (Fsp3) is 0.119. The topological polar surface area (TPSA) is 31.0 Å². The van der Waals surface area contributed by atoms with Crippen LogP contribution in [0.15, 0.2) is 138 Å². The number of hydrogen-bond donors (Lipinski definition) is 0. The first-order chi connectivity index (χ1) is 21.8. The van der Waals surface area contributed by atoms with E-state index in [1.165, 1.54) is 27.6 Å². The summed E-state index contributed by atoms with van der Waals surface area (Å²) in [4.78, 5) is 5.32. The first kappa shape index (κ1) is 27.2. The van der Waals surface area contributed by atoms with Crippen molar-refractivity contribution in [1.29, 1.82) is 0 Å². The second-order valence-electron chi connectivity index (χ2n) is 13.0. The van der Waals surface area contributed by atoms with Gasteiger partial charge in [-0.15, -0.1) is 0 Å². The summed E-state index contributed by atoms with van der Waals surface area (Å²) in [7, 11) is 0. The molecule has 0 aliphatic carbocycles. The summed E-state index contributed by atoms with van der Waals surface area (Å²) in [6.45, 7) is 8.99. The second kappa shape index (κ2) is 10.3. The zero-order chi connectivity index (χ0) is 30.7. The molecule has 0 bridgehead atoms. The Hall–Kier alpha value is -5.41. The van der Waals surface area contributed by atoms with Crippen LogP contribution < -0.4 is 0 Å². The maximum absolute atomic E-state index is 6.27. The predicted molar refractivity (Wildman–Crippen MR) is 188 cm³/mol. The van der Waals surface area contributed by atoms with E-state index < -0.39 is 0 Å². The summed E-state index contributed by atoms with van der Waals surface area (Å²) in [6, 6.07) is 45.6. The molecule has 0 aliphatic heterocycles. The van der Waals surface area contributed by atoms with Gasteiger partial charge < -0.3 is 4.42 Å². The predicted octanol–water partition coefficient (Wildman–Crippen LogP) is 11.5. The third-order valence-electron chi connectivity index (χ3n) is 8.86. The fourth-order valence-electron chi connectivity index (χ4n) is 6.48. The number of hydrogen-bond acceptors (Lipinski definition) is 2. The van der Waals surface area contributed by atoms with Crippen LogP contribution in [-0.4, -0.2) is 9.55 Å². The van der Waals surface area contributed by atoms with Gasteiger partial charge in [0.25, 0.3) is 0 Å². The monoisotopic (exact) mass is 582 g/mol. The highest BCUT2D eigenvalue weighted by molar-refractivity contribution is 6.04. The van der Waals surface area contributed by atoms with Crippen molar-refractivity contribution in [1.82, 2.24) is 9.55 Å². The van der Waals surface area contributed by atoms with Crippen LogP contribution in [0.5, 0.6) is 0 Å². The molecule has 0 amide bonds. The Morgan fingerprint density at radius 1 is 0.622 bits per heavy atom. The van der Waals surface area contributed by atoms with Crippen molar-refractivity contribution < 1.29 is 4.42 Å². The Kier molecular flexibility index (Phi) is 6.25.